The molecule has 35 heavy (non-hydrogen) atoms. The number of aryl methyl sites for hydroxylation is 2. The van der Waals surface area contributed by atoms with E-state index in [2.05, 4.69) is 76.7 Å². The molecule has 0 unspecified atom stereocenters. The van der Waals surface area contributed by atoms with E-state index in [1.54, 1.807) is 12.3 Å². The molecule has 6 heteroatoms. The van der Waals surface area contributed by atoms with E-state index >= 15 is 0 Å². The molecule has 0 saturated heterocycles. The predicted molar refractivity (Wildman–Crippen MR) is 149 cm³/mol. The quantitative estimate of drug-likeness (QED) is 0.249. The van der Waals surface area contributed by atoms with Gasteiger partial charge in [-0.3, -0.25) is 4.79 Å². The van der Waals surface area contributed by atoms with Crippen LogP contribution in [-0.4, -0.2) is 20.4 Å². The molecule has 0 aliphatic heterocycles. The standard InChI is InChI=1S/C29H33BrN4O/c1-7-8-9-21-10-13-24(14-11-21)33-19(2)16-22(20(33)3)18-31-34-27(35)25-17-23(30)12-15-26(25)32-28(34)29(4,5)6/h10-18H,7-9H2,1-6H3. The Kier molecular flexibility index (Phi) is 7.13. The molecule has 4 aromatic rings. The number of hydrogen-bond acceptors (Lipinski definition) is 3. The van der Waals surface area contributed by atoms with E-state index in [1.807, 2.05) is 32.9 Å². The van der Waals surface area contributed by atoms with Gasteiger partial charge in [0.1, 0.15) is 5.82 Å². The van der Waals surface area contributed by atoms with Crippen LogP contribution in [0.25, 0.3) is 16.6 Å². The molecule has 2 aromatic carbocycles. The van der Waals surface area contributed by atoms with Gasteiger partial charge in [0, 0.05) is 32.5 Å². The molecule has 0 atom stereocenters. The lowest BCUT2D eigenvalue weighted by Crippen LogP contribution is -2.29. The maximum atomic E-state index is 13.4. The molecule has 0 bridgehead atoms. The monoisotopic (exact) mass is 532 g/mol. The van der Waals surface area contributed by atoms with Gasteiger partial charge in [-0.05, 0) is 68.7 Å². The van der Waals surface area contributed by atoms with Crippen molar-refractivity contribution in [1.82, 2.24) is 14.2 Å². The Labute approximate surface area is 215 Å². The van der Waals surface area contributed by atoms with E-state index in [0.717, 1.165) is 33.5 Å². The molecule has 0 N–H and O–H groups in total. The summed E-state index contributed by atoms with van der Waals surface area (Å²) < 4.78 is 4.52. The van der Waals surface area contributed by atoms with Crippen molar-refractivity contribution in [2.75, 3.05) is 0 Å². The van der Waals surface area contributed by atoms with E-state index in [-0.39, 0.29) is 11.0 Å². The first kappa shape index (κ1) is 25.1. The van der Waals surface area contributed by atoms with Crippen LogP contribution < -0.4 is 5.56 Å². The molecule has 0 radical (unpaired) electrons. The Morgan fingerprint density at radius 3 is 2.43 bits per heavy atom. The second kappa shape index (κ2) is 9.94. The minimum atomic E-state index is -0.353. The van der Waals surface area contributed by atoms with Crippen LogP contribution in [0.2, 0.25) is 0 Å². The summed E-state index contributed by atoms with van der Waals surface area (Å²) in [6.45, 7) is 12.5. The van der Waals surface area contributed by atoms with Crippen LogP contribution >= 0.6 is 15.9 Å². The van der Waals surface area contributed by atoms with Crippen LogP contribution in [0, 0.1) is 13.8 Å². The Hall–Kier alpha value is -2.99. The summed E-state index contributed by atoms with van der Waals surface area (Å²) in [5, 5.41) is 5.21. The van der Waals surface area contributed by atoms with E-state index in [4.69, 9.17) is 4.98 Å². The van der Waals surface area contributed by atoms with Crippen LogP contribution in [0.1, 0.15) is 68.9 Å². The molecule has 2 aromatic heterocycles. The largest absolute Gasteiger partial charge is 0.318 e. The van der Waals surface area contributed by atoms with Crippen molar-refractivity contribution < 1.29 is 0 Å². The zero-order valence-electron chi connectivity index (χ0n) is 21.4. The van der Waals surface area contributed by atoms with Crippen LogP contribution in [-0.2, 0) is 11.8 Å². The average molecular weight is 534 g/mol. The van der Waals surface area contributed by atoms with Gasteiger partial charge in [-0.1, -0.05) is 62.2 Å². The Morgan fingerprint density at radius 2 is 1.77 bits per heavy atom. The second-order valence-corrected chi connectivity index (χ2v) is 11.1. The topological polar surface area (TPSA) is 52.2 Å². The number of aromatic nitrogens is 3. The second-order valence-electron chi connectivity index (χ2n) is 10.1. The highest BCUT2D eigenvalue weighted by atomic mass is 79.9. The highest BCUT2D eigenvalue weighted by Crippen LogP contribution is 2.24. The van der Waals surface area contributed by atoms with E-state index in [9.17, 15) is 4.79 Å². The maximum Gasteiger partial charge on any atom is 0.282 e. The van der Waals surface area contributed by atoms with E-state index in [1.165, 1.54) is 23.1 Å². The first-order valence-electron chi connectivity index (χ1n) is 12.2. The minimum absolute atomic E-state index is 0.172. The third-order valence-corrected chi connectivity index (χ3v) is 6.77. The average Bonchev–Trinajstić information content (AvgIpc) is 3.10. The van der Waals surface area contributed by atoms with Gasteiger partial charge < -0.3 is 4.57 Å². The smallest absolute Gasteiger partial charge is 0.282 e. The first-order valence-corrected chi connectivity index (χ1v) is 12.9. The highest BCUT2D eigenvalue weighted by molar-refractivity contribution is 9.10. The van der Waals surface area contributed by atoms with Crippen LogP contribution in [0.5, 0.6) is 0 Å². The van der Waals surface area contributed by atoms with Gasteiger partial charge in [0.05, 0.1) is 17.1 Å². The zero-order valence-corrected chi connectivity index (χ0v) is 23.0. The van der Waals surface area contributed by atoms with Crippen LogP contribution in [0.15, 0.2) is 62.9 Å². The molecule has 182 valence electrons. The van der Waals surface area contributed by atoms with Gasteiger partial charge in [0.25, 0.3) is 5.56 Å². The summed E-state index contributed by atoms with van der Waals surface area (Å²) >= 11 is 3.47. The third kappa shape index (κ3) is 5.18. The summed E-state index contributed by atoms with van der Waals surface area (Å²) in [6, 6.07) is 16.5. The van der Waals surface area contributed by atoms with Crippen LogP contribution in [0.4, 0.5) is 0 Å². The Bertz CT molecular complexity index is 1450. The lowest BCUT2D eigenvalue weighted by atomic mass is 9.95. The van der Waals surface area contributed by atoms with E-state index in [0.29, 0.717) is 16.7 Å². The fraction of sp³-hybridized carbons (Fsp3) is 0.345. The number of nitrogens with zero attached hydrogens (tertiary/aromatic N) is 4. The van der Waals surface area contributed by atoms with Crippen molar-refractivity contribution in [3.63, 3.8) is 0 Å². The number of benzene rings is 2. The zero-order chi connectivity index (χ0) is 25.3. The maximum absolute atomic E-state index is 13.4. The predicted octanol–water partition coefficient (Wildman–Crippen LogP) is 7.09. The van der Waals surface area contributed by atoms with Gasteiger partial charge in [0.15, 0.2) is 0 Å². The van der Waals surface area contributed by atoms with Crippen molar-refractivity contribution in [2.24, 2.45) is 5.10 Å². The number of fused-ring (bicyclic) bond motifs is 1. The summed E-state index contributed by atoms with van der Waals surface area (Å²) in [5.74, 6) is 0.630. The van der Waals surface area contributed by atoms with Crippen molar-refractivity contribution in [2.45, 2.75) is 66.2 Å². The summed E-state index contributed by atoms with van der Waals surface area (Å²) in [7, 11) is 0. The number of unbranched alkanes of at least 4 members (excludes halogenated alkanes) is 1. The lowest BCUT2D eigenvalue weighted by molar-refractivity contribution is 0.506. The number of rotatable bonds is 6. The molecule has 5 nitrogen and oxygen atoms in total. The molecule has 0 aliphatic rings. The molecule has 2 heterocycles. The molecular formula is C29H33BrN4O. The molecule has 0 spiro atoms. The number of hydrogen-bond donors (Lipinski definition) is 0. The fourth-order valence-electron chi connectivity index (χ4n) is 4.37. The Morgan fingerprint density at radius 1 is 1.06 bits per heavy atom. The SMILES string of the molecule is CCCCc1ccc(-n2c(C)cc(C=Nn3c(C(C)(C)C)nc4ccc(Br)cc4c3=O)c2C)cc1. The fourth-order valence-corrected chi connectivity index (χ4v) is 4.73. The van der Waals surface area contributed by atoms with Crippen molar-refractivity contribution >= 4 is 33.0 Å². The highest BCUT2D eigenvalue weighted by Gasteiger charge is 2.23. The van der Waals surface area contributed by atoms with Crippen LogP contribution in [0.3, 0.4) is 0 Å². The van der Waals surface area contributed by atoms with Gasteiger partial charge in [-0.15, -0.1) is 0 Å². The lowest BCUT2D eigenvalue weighted by Gasteiger charge is -2.20. The van der Waals surface area contributed by atoms with Crippen molar-refractivity contribution in [3.05, 3.63) is 91.7 Å². The molecule has 0 fully saturated rings. The number of halogens is 1. The Balaban J connectivity index is 1.76. The van der Waals surface area contributed by atoms with Gasteiger partial charge >= 0.3 is 0 Å². The van der Waals surface area contributed by atoms with Crippen molar-refractivity contribution in [3.8, 4) is 5.69 Å². The molecule has 0 aliphatic carbocycles. The van der Waals surface area contributed by atoms with Gasteiger partial charge in [0.2, 0.25) is 0 Å². The molecule has 0 amide bonds. The summed E-state index contributed by atoms with van der Waals surface area (Å²) in [6.07, 6.45) is 5.29. The summed E-state index contributed by atoms with van der Waals surface area (Å²) in [5.41, 5.74) is 5.81. The molecule has 0 saturated carbocycles. The van der Waals surface area contributed by atoms with Gasteiger partial charge in [-0.2, -0.15) is 9.78 Å². The van der Waals surface area contributed by atoms with E-state index < -0.39 is 0 Å². The van der Waals surface area contributed by atoms with Gasteiger partial charge in [-0.25, -0.2) is 4.98 Å². The normalized spacial score (nSPS) is 12.2. The third-order valence-electron chi connectivity index (χ3n) is 6.28. The first-order chi connectivity index (χ1) is 16.6. The van der Waals surface area contributed by atoms with Crippen molar-refractivity contribution in [1.29, 1.82) is 0 Å². The molecule has 4 rings (SSSR count). The molecular weight excluding hydrogens is 500 g/mol. The summed E-state index contributed by atoms with van der Waals surface area (Å²) in [4.78, 5) is 18.2. The minimum Gasteiger partial charge on any atom is -0.318 e.